The van der Waals surface area contributed by atoms with E-state index in [1.807, 2.05) is 53.4 Å². The highest BCUT2D eigenvalue weighted by Crippen LogP contribution is 2.30. The highest BCUT2D eigenvalue weighted by molar-refractivity contribution is 5.89. The monoisotopic (exact) mass is 406 g/mol. The molecule has 0 saturated carbocycles. The lowest BCUT2D eigenvalue weighted by Crippen LogP contribution is -2.40. The fourth-order valence-corrected chi connectivity index (χ4v) is 3.75. The Kier molecular flexibility index (Phi) is 5.88. The van der Waals surface area contributed by atoms with E-state index in [1.54, 1.807) is 14.2 Å². The SMILES string of the molecule is COc1ccc(NC(=O)N2CCC(c3cc(-c4cccc(OC)c4)n[nH]3)CC2)cc1. The number of aromatic nitrogens is 2. The minimum Gasteiger partial charge on any atom is -0.497 e. The van der Waals surface area contributed by atoms with Gasteiger partial charge in [-0.05, 0) is 55.3 Å². The number of aromatic amines is 1. The lowest BCUT2D eigenvalue weighted by atomic mass is 9.93. The van der Waals surface area contributed by atoms with Crippen molar-refractivity contribution < 1.29 is 14.3 Å². The van der Waals surface area contributed by atoms with Gasteiger partial charge in [0.1, 0.15) is 11.5 Å². The Morgan fingerprint density at radius 3 is 2.47 bits per heavy atom. The summed E-state index contributed by atoms with van der Waals surface area (Å²) in [5.74, 6) is 1.94. The van der Waals surface area contributed by atoms with Gasteiger partial charge in [-0.3, -0.25) is 5.10 Å². The summed E-state index contributed by atoms with van der Waals surface area (Å²) in [6.07, 6.45) is 1.80. The van der Waals surface area contributed by atoms with Crippen LogP contribution in [0.2, 0.25) is 0 Å². The summed E-state index contributed by atoms with van der Waals surface area (Å²) in [5, 5.41) is 10.6. The van der Waals surface area contributed by atoms with Crippen molar-refractivity contribution >= 4 is 11.7 Å². The Bertz CT molecular complexity index is 992. The number of hydrogen-bond acceptors (Lipinski definition) is 4. The minimum atomic E-state index is -0.0692. The first-order chi connectivity index (χ1) is 14.7. The summed E-state index contributed by atoms with van der Waals surface area (Å²) in [7, 11) is 3.28. The first-order valence-electron chi connectivity index (χ1n) is 10.1. The predicted octanol–water partition coefficient (Wildman–Crippen LogP) is 4.51. The molecule has 0 spiro atoms. The number of methoxy groups -OCH3 is 2. The minimum absolute atomic E-state index is 0.0692. The number of benzene rings is 2. The molecule has 1 saturated heterocycles. The van der Waals surface area contributed by atoms with E-state index in [4.69, 9.17) is 9.47 Å². The average Bonchev–Trinajstić information content (AvgIpc) is 3.30. The largest absolute Gasteiger partial charge is 0.497 e. The lowest BCUT2D eigenvalue weighted by molar-refractivity contribution is 0.194. The Labute approximate surface area is 176 Å². The lowest BCUT2D eigenvalue weighted by Gasteiger charge is -2.31. The number of carbonyl (C=O) groups is 1. The Balaban J connectivity index is 1.34. The second-order valence-corrected chi connectivity index (χ2v) is 7.36. The molecule has 0 radical (unpaired) electrons. The van der Waals surface area contributed by atoms with Gasteiger partial charge in [0, 0.05) is 36.0 Å². The number of likely N-dealkylation sites (tertiary alicyclic amines) is 1. The van der Waals surface area contributed by atoms with E-state index in [1.165, 1.54) is 0 Å². The molecule has 1 aliphatic heterocycles. The Hall–Kier alpha value is -3.48. The average molecular weight is 406 g/mol. The fraction of sp³-hybridized carbons (Fsp3) is 0.304. The second-order valence-electron chi connectivity index (χ2n) is 7.36. The van der Waals surface area contributed by atoms with Crippen LogP contribution in [0.4, 0.5) is 10.5 Å². The number of ether oxygens (including phenoxy) is 2. The van der Waals surface area contributed by atoms with Gasteiger partial charge in [0.2, 0.25) is 0 Å². The second kappa shape index (κ2) is 8.90. The van der Waals surface area contributed by atoms with Crippen molar-refractivity contribution in [2.45, 2.75) is 18.8 Å². The zero-order valence-electron chi connectivity index (χ0n) is 17.2. The van der Waals surface area contributed by atoms with Crippen LogP contribution in [0.5, 0.6) is 11.5 Å². The fourth-order valence-electron chi connectivity index (χ4n) is 3.75. The summed E-state index contributed by atoms with van der Waals surface area (Å²) in [6, 6.07) is 17.3. The molecule has 1 fully saturated rings. The summed E-state index contributed by atoms with van der Waals surface area (Å²) in [6.45, 7) is 1.42. The molecule has 30 heavy (non-hydrogen) atoms. The van der Waals surface area contributed by atoms with Crippen LogP contribution in [0.3, 0.4) is 0 Å². The van der Waals surface area contributed by atoms with Gasteiger partial charge < -0.3 is 19.7 Å². The molecule has 2 aromatic carbocycles. The van der Waals surface area contributed by atoms with Crippen LogP contribution in [-0.4, -0.2) is 48.4 Å². The number of anilines is 1. The molecule has 2 heterocycles. The van der Waals surface area contributed by atoms with Gasteiger partial charge in [-0.25, -0.2) is 4.79 Å². The van der Waals surface area contributed by atoms with E-state index in [0.29, 0.717) is 19.0 Å². The summed E-state index contributed by atoms with van der Waals surface area (Å²) >= 11 is 0. The van der Waals surface area contributed by atoms with Crippen LogP contribution in [0, 0.1) is 0 Å². The molecule has 2 N–H and O–H groups in total. The smallest absolute Gasteiger partial charge is 0.321 e. The zero-order chi connectivity index (χ0) is 20.9. The van der Waals surface area contributed by atoms with Gasteiger partial charge in [0.25, 0.3) is 0 Å². The molecule has 0 aliphatic carbocycles. The number of nitrogens with one attached hydrogen (secondary N) is 2. The van der Waals surface area contributed by atoms with Gasteiger partial charge in [-0.15, -0.1) is 0 Å². The molecular weight excluding hydrogens is 380 g/mol. The van der Waals surface area contributed by atoms with Crippen molar-refractivity contribution in [2.24, 2.45) is 0 Å². The number of H-pyrrole nitrogens is 1. The van der Waals surface area contributed by atoms with Crippen molar-refractivity contribution in [1.29, 1.82) is 0 Å². The van der Waals surface area contributed by atoms with Crippen LogP contribution in [0.1, 0.15) is 24.5 Å². The predicted molar refractivity (Wildman–Crippen MR) is 116 cm³/mol. The van der Waals surface area contributed by atoms with E-state index in [9.17, 15) is 4.79 Å². The van der Waals surface area contributed by atoms with Crippen LogP contribution in [0.15, 0.2) is 54.6 Å². The van der Waals surface area contributed by atoms with Crippen molar-refractivity contribution in [3.05, 3.63) is 60.3 Å². The normalized spacial score (nSPS) is 14.4. The van der Waals surface area contributed by atoms with Crippen molar-refractivity contribution in [2.75, 3.05) is 32.6 Å². The molecule has 0 atom stereocenters. The highest BCUT2D eigenvalue weighted by Gasteiger charge is 2.25. The molecule has 2 amide bonds. The van der Waals surface area contributed by atoms with E-state index >= 15 is 0 Å². The Morgan fingerprint density at radius 2 is 1.77 bits per heavy atom. The van der Waals surface area contributed by atoms with Crippen molar-refractivity contribution in [3.8, 4) is 22.8 Å². The molecule has 7 nitrogen and oxygen atoms in total. The highest BCUT2D eigenvalue weighted by atomic mass is 16.5. The van der Waals surface area contributed by atoms with Crippen molar-refractivity contribution in [1.82, 2.24) is 15.1 Å². The summed E-state index contributed by atoms with van der Waals surface area (Å²) < 4.78 is 10.4. The first kappa shape index (κ1) is 19.8. The number of amides is 2. The molecule has 0 unspecified atom stereocenters. The third-order valence-corrected chi connectivity index (χ3v) is 5.53. The van der Waals surface area contributed by atoms with Gasteiger partial charge in [0.15, 0.2) is 0 Å². The van der Waals surface area contributed by atoms with Crippen LogP contribution in [-0.2, 0) is 0 Å². The Morgan fingerprint density at radius 1 is 1.03 bits per heavy atom. The first-order valence-corrected chi connectivity index (χ1v) is 10.1. The van der Waals surface area contributed by atoms with Gasteiger partial charge >= 0.3 is 6.03 Å². The number of urea groups is 1. The standard InChI is InChI=1S/C23H26N4O3/c1-29-19-8-6-18(7-9-19)24-23(28)27-12-10-16(11-13-27)21-15-22(26-25-21)17-4-3-5-20(14-17)30-2/h3-9,14-16H,10-13H2,1-2H3,(H,24,28)(H,25,26). The molecule has 1 aliphatic rings. The molecule has 1 aromatic heterocycles. The molecule has 156 valence electrons. The van der Waals surface area contributed by atoms with Gasteiger partial charge in [0.05, 0.1) is 19.9 Å². The topological polar surface area (TPSA) is 79.5 Å². The number of rotatable bonds is 5. The summed E-state index contributed by atoms with van der Waals surface area (Å²) in [5.41, 5.74) is 3.80. The molecule has 7 heteroatoms. The maximum atomic E-state index is 12.6. The number of hydrogen-bond donors (Lipinski definition) is 2. The maximum Gasteiger partial charge on any atom is 0.321 e. The molecule has 4 rings (SSSR count). The van der Waals surface area contributed by atoms with Crippen molar-refractivity contribution in [3.63, 3.8) is 0 Å². The number of piperidine rings is 1. The zero-order valence-corrected chi connectivity index (χ0v) is 17.2. The summed E-state index contributed by atoms with van der Waals surface area (Å²) in [4.78, 5) is 14.4. The van der Waals surface area contributed by atoms with Crippen LogP contribution in [0.25, 0.3) is 11.3 Å². The molecule has 3 aromatic rings. The van der Waals surface area contributed by atoms with Crippen LogP contribution >= 0.6 is 0 Å². The van der Waals surface area contributed by atoms with E-state index in [2.05, 4.69) is 21.6 Å². The maximum absolute atomic E-state index is 12.6. The third kappa shape index (κ3) is 4.40. The quantitative estimate of drug-likeness (QED) is 0.654. The van der Waals surface area contributed by atoms with E-state index < -0.39 is 0 Å². The third-order valence-electron chi connectivity index (χ3n) is 5.53. The molecular formula is C23H26N4O3. The van der Waals surface area contributed by atoms with Gasteiger partial charge in [-0.2, -0.15) is 5.10 Å². The number of carbonyl (C=O) groups excluding carboxylic acids is 1. The van der Waals surface area contributed by atoms with Crippen LogP contribution < -0.4 is 14.8 Å². The van der Waals surface area contributed by atoms with Gasteiger partial charge in [-0.1, -0.05) is 12.1 Å². The van der Waals surface area contributed by atoms with E-state index in [-0.39, 0.29) is 6.03 Å². The van der Waals surface area contributed by atoms with E-state index in [0.717, 1.165) is 47.0 Å². The molecule has 0 bridgehead atoms. The number of nitrogens with zero attached hydrogens (tertiary/aromatic N) is 2.